The van der Waals surface area contributed by atoms with Crippen molar-refractivity contribution in [2.75, 3.05) is 29.9 Å². The van der Waals surface area contributed by atoms with Crippen molar-refractivity contribution in [1.82, 2.24) is 5.32 Å². The number of para-hydroxylation sites is 1. The van der Waals surface area contributed by atoms with E-state index in [4.69, 9.17) is 0 Å². The molecule has 1 amide bonds. The minimum absolute atomic E-state index is 0.0193. The van der Waals surface area contributed by atoms with Gasteiger partial charge in [-0.2, -0.15) is 11.8 Å². The Bertz CT molecular complexity index is 457. The highest BCUT2D eigenvalue weighted by Gasteiger charge is 2.28. The van der Waals surface area contributed by atoms with Gasteiger partial charge in [-0.15, -0.1) is 0 Å². The van der Waals surface area contributed by atoms with Crippen LogP contribution in [0.4, 0.5) is 5.69 Å². The van der Waals surface area contributed by atoms with Crippen LogP contribution in [0.15, 0.2) is 24.3 Å². The van der Waals surface area contributed by atoms with E-state index in [0.29, 0.717) is 5.92 Å². The molecule has 4 heteroatoms. The maximum absolute atomic E-state index is 12.3. The van der Waals surface area contributed by atoms with Crippen LogP contribution in [0.2, 0.25) is 0 Å². The molecule has 0 bridgehead atoms. The van der Waals surface area contributed by atoms with Crippen molar-refractivity contribution in [3.05, 3.63) is 29.8 Å². The Morgan fingerprint density at radius 2 is 2.11 bits per heavy atom. The molecule has 1 aromatic carbocycles. The molecule has 0 aliphatic carbocycles. The highest BCUT2D eigenvalue weighted by Crippen LogP contribution is 2.31. The molecule has 2 N–H and O–H groups in total. The number of thioether (sulfide) groups is 1. The number of rotatable bonds is 3. The third kappa shape index (κ3) is 2.89. The molecule has 0 radical (unpaired) electrons. The summed E-state index contributed by atoms with van der Waals surface area (Å²) < 4.78 is 0. The van der Waals surface area contributed by atoms with Crippen LogP contribution in [0.5, 0.6) is 0 Å². The van der Waals surface area contributed by atoms with Gasteiger partial charge in [-0.1, -0.05) is 18.2 Å². The number of hydrogen-bond acceptors (Lipinski definition) is 3. The van der Waals surface area contributed by atoms with Crippen LogP contribution in [0.25, 0.3) is 0 Å². The summed E-state index contributed by atoms with van der Waals surface area (Å²) in [6.45, 7) is 1.57. The Morgan fingerprint density at radius 3 is 2.95 bits per heavy atom. The summed E-state index contributed by atoms with van der Waals surface area (Å²) in [6, 6.07) is 8.11. The van der Waals surface area contributed by atoms with Crippen LogP contribution in [-0.4, -0.2) is 30.5 Å². The average Bonchev–Trinajstić information content (AvgIpc) is 2.90. The van der Waals surface area contributed by atoms with Crippen LogP contribution in [0.3, 0.4) is 0 Å². The van der Waals surface area contributed by atoms with Gasteiger partial charge in [0.15, 0.2) is 0 Å². The van der Waals surface area contributed by atoms with Crippen molar-refractivity contribution in [2.24, 2.45) is 5.92 Å². The second kappa shape index (κ2) is 5.87. The number of amides is 1. The molecular formula is C15H20N2OS. The van der Waals surface area contributed by atoms with Crippen molar-refractivity contribution in [2.45, 2.75) is 18.8 Å². The third-order valence-electron chi connectivity index (χ3n) is 4.06. The van der Waals surface area contributed by atoms with Crippen molar-refractivity contribution < 1.29 is 4.79 Å². The quantitative estimate of drug-likeness (QED) is 0.891. The molecule has 0 aromatic heterocycles. The summed E-state index contributed by atoms with van der Waals surface area (Å²) in [5.41, 5.74) is 2.25. The normalized spacial score (nSPS) is 22.6. The topological polar surface area (TPSA) is 41.1 Å². The standard InChI is InChI=1S/C15H20N2OS/c18-15(17-9-11-5-7-19-8-6-11)13-10-16-14-4-2-1-3-12(13)14/h1-4,11,13,16H,5-10H2,(H,17,18). The SMILES string of the molecule is O=C(NCC1CCSCC1)C1CNc2ccccc21. The Hall–Kier alpha value is -1.16. The second-order valence-corrected chi connectivity index (χ2v) is 6.55. The number of nitrogens with one attached hydrogen (secondary N) is 2. The molecule has 1 fully saturated rings. The summed E-state index contributed by atoms with van der Waals surface area (Å²) in [5.74, 6) is 3.32. The summed E-state index contributed by atoms with van der Waals surface area (Å²) >= 11 is 2.03. The van der Waals surface area contributed by atoms with E-state index >= 15 is 0 Å². The maximum atomic E-state index is 12.3. The van der Waals surface area contributed by atoms with Gasteiger partial charge in [-0.05, 0) is 41.9 Å². The Kier molecular flexibility index (Phi) is 3.97. The summed E-state index contributed by atoms with van der Waals surface area (Å²) in [4.78, 5) is 12.3. The predicted molar refractivity (Wildman–Crippen MR) is 80.7 cm³/mol. The minimum atomic E-state index is -0.0193. The number of carbonyl (C=O) groups is 1. The van der Waals surface area contributed by atoms with Gasteiger partial charge in [0.05, 0.1) is 5.92 Å². The van der Waals surface area contributed by atoms with Crippen LogP contribution >= 0.6 is 11.8 Å². The Balaban J connectivity index is 1.56. The molecule has 102 valence electrons. The number of benzene rings is 1. The molecule has 19 heavy (non-hydrogen) atoms. The van der Waals surface area contributed by atoms with Gasteiger partial charge in [-0.25, -0.2) is 0 Å². The van der Waals surface area contributed by atoms with Crippen LogP contribution < -0.4 is 10.6 Å². The van der Waals surface area contributed by atoms with Gasteiger partial charge in [0.25, 0.3) is 0 Å². The zero-order valence-electron chi connectivity index (χ0n) is 11.0. The first kappa shape index (κ1) is 12.9. The first-order valence-corrected chi connectivity index (χ1v) is 8.18. The first-order chi connectivity index (χ1) is 9.34. The third-order valence-corrected chi connectivity index (χ3v) is 5.10. The fourth-order valence-electron chi connectivity index (χ4n) is 2.84. The van der Waals surface area contributed by atoms with Crippen LogP contribution in [0.1, 0.15) is 24.3 Å². The lowest BCUT2D eigenvalue weighted by atomic mass is 9.99. The van der Waals surface area contributed by atoms with Crippen molar-refractivity contribution in [3.8, 4) is 0 Å². The number of anilines is 1. The van der Waals surface area contributed by atoms with Gasteiger partial charge >= 0.3 is 0 Å². The minimum Gasteiger partial charge on any atom is -0.384 e. The van der Waals surface area contributed by atoms with E-state index in [-0.39, 0.29) is 11.8 Å². The summed E-state index contributed by atoms with van der Waals surface area (Å²) in [5, 5.41) is 6.45. The second-order valence-electron chi connectivity index (χ2n) is 5.32. The lowest BCUT2D eigenvalue weighted by Gasteiger charge is -2.22. The van der Waals surface area contributed by atoms with Crippen molar-refractivity contribution in [1.29, 1.82) is 0 Å². The molecular weight excluding hydrogens is 256 g/mol. The van der Waals surface area contributed by atoms with Gasteiger partial charge in [0.2, 0.25) is 5.91 Å². The van der Waals surface area contributed by atoms with E-state index in [1.165, 1.54) is 24.3 Å². The molecule has 2 aliphatic rings. The molecule has 3 nitrogen and oxygen atoms in total. The Labute approximate surface area is 118 Å². The Morgan fingerprint density at radius 1 is 1.32 bits per heavy atom. The molecule has 1 aromatic rings. The molecule has 2 heterocycles. The van der Waals surface area contributed by atoms with E-state index in [1.54, 1.807) is 0 Å². The van der Waals surface area contributed by atoms with E-state index in [1.807, 2.05) is 30.0 Å². The number of carbonyl (C=O) groups excluding carboxylic acids is 1. The molecule has 1 atom stereocenters. The lowest BCUT2D eigenvalue weighted by molar-refractivity contribution is -0.122. The molecule has 1 saturated heterocycles. The highest BCUT2D eigenvalue weighted by atomic mass is 32.2. The number of fused-ring (bicyclic) bond motifs is 1. The zero-order valence-corrected chi connectivity index (χ0v) is 11.8. The largest absolute Gasteiger partial charge is 0.384 e. The smallest absolute Gasteiger partial charge is 0.229 e. The van der Waals surface area contributed by atoms with E-state index < -0.39 is 0 Å². The fourth-order valence-corrected chi connectivity index (χ4v) is 4.04. The predicted octanol–water partition coefficient (Wildman–Crippen LogP) is 2.46. The van der Waals surface area contributed by atoms with E-state index in [9.17, 15) is 4.79 Å². The highest BCUT2D eigenvalue weighted by molar-refractivity contribution is 7.99. The number of hydrogen-bond donors (Lipinski definition) is 2. The summed E-state index contributed by atoms with van der Waals surface area (Å²) in [6.07, 6.45) is 2.48. The van der Waals surface area contributed by atoms with Crippen LogP contribution in [0, 0.1) is 5.92 Å². The van der Waals surface area contributed by atoms with Crippen molar-refractivity contribution >= 4 is 23.4 Å². The average molecular weight is 276 g/mol. The molecule has 0 spiro atoms. The van der Waals surface area contributed by atoms with Gasteiger partial charge < -0.3 is 10.6 Å². The monoisotopic (exact) mass is 276 g/mol. The van der Waals surface area contributed by atoms with Gasteiger partial charge in [-0.3, -0.25) is 4.79 Å². The molecule has 0 saturated carbocycles. The van der Waals surface area contributed by atoms with Crippen molar-refractivity contribution in [3.63, 3.8) is 0 Å². The first-order valence-electron chi connectivity index (χ1n) is 7.03. The maximum Gasteiger partial charge on any atom is 0.229 e. The van der Waals surface area contributed by atoms with Gasteiger partial charge in [0.1, 0.15) is 0 Å². The summed E-state index contributed by atoms with van der Waals surface area (Å²) in [7, 11) is 0. The van der Waals surface area contributed by atoms with E-state index in [0.717, 1.165) is 24.3 Å². The van der Waals surface area contributed by atoms with Crippen LogP contribution in [-0.2, 0) is 4.79 Å². The molecule has 3 rings (SSSR count). The van der Waals surface area contributed by atoms with E-state index in [2.05, 4.69) is 16.7 Å². The molecule has 1 unspecified atom stereocenters. The zero-order chi connectivity index (χ0) is 13.1. The lowest BCUT2D eigenvalue weighted by Crippen LogP contribution is -2.35. The van der Waals surface area contributed by atoms with Gasteiger partial charge in [0, 0.05) is 18.8 Å². The fraction of sp³-hybridized carbons (Fsp3) is 0.533. The molecule has 2 aliphatic heterocycles.